The van der Waals surface area contributed by atoms with E-state index in [9.17, 15) is 84.0 Å². The second kappa shape index (κ2) is 45.3. The minimum atomic E-state index is -2.08. The molecule has 2 unspecified atom stereocenters. The number of carboxylic acid groups (broad SMARTS) is 2. The highest BCUT2D eigenvalue weighted by Crippen LogP contribution is 2.43. The molecule has 0 bridgehead atoms. The third-order valence-corrected chi connectivity index (χ3v) is 18.6. The fraction of sp³-hybridized carbons (Fsp3) is 0.694. The van der Waals surface area contributed by atoms with Crippen molar-refractivity contribution < 1.29 is 122 Å². The Morgan fingerprint density at radius 3 is 1.29 bits per heavy atom. The monoisotopic (exact) mass is 1500 g/mol. The van der Waals surface area contributed by atoms with Crippen LogP contribution in [0.1, 0.15) is 85.5 Å². The number of ether oxygens (including phenoxy) is 8. The van der Waals surface area contributed by atoms with Gasteiger partial charge in [-0.2, -0.15) is 0 Å². The Morgan fingerprint density at radius 2 is 0.942 bits per heavy atom. The Bertz CT molecular complexity index is 2990. The van der Waals surface area contributed by atoms with Gasteiger partial charge in [0.15, 0.2) is 0 Å². The lowest BCUT2D eigenvalue weighted by molar-refractivity contribution is -0.192. The molecule has 103 heavy (non-hydrogen) atoms. The average molecular weight is 1500 g/mol. The van der Waals surface area contributed by atoms with E-state index in [-0.39, 0.29) is 166 Å². The lowest BCUT2D eigenvalue weighted by Gasteiger charge is -2.47. The first-order chi connectivity index (χ1) is 49.2. The molecule has 41 heteroatoms. The number of carbonyl (C=O) groups excluding carboxylic acids is 7. The quantitative estimate of drug-likeness (QED) is 0.0236. The van der Waals surface area contributed by atoms with Crippen molar-refractivity contribution >= 4 is 82.5 Å². The van der Waals surface area contributed by atoms with Gasteiger partial charge in [0.25, 0.3) is 11.8 Å². The summed E-state index contributed by atoms with van der Waals surface area (Å²) < 4.78 is 48.4. The van der Waals surface area contributed by atoms with Gasteiger partial charge in [-0.3, -0.25) is 33.6 Å². The number of benzene rings is 1. The smallest absolute Gasteiger partial charge is 0.346 e. The van der Waals surface area contributed by atoms with E-state index in [2.05, 4.69) is 57.8 Å². The van der Waals surface area contributed by atoms with Crippen LogP contribution < -0.4 is 43.0 Å². The van der Waals surface area contributed by atoms with Crippen molar-refractivity contribution in [2.75, 3.05) is 129 Å². The number of anilines is 1. The van der Waals surface area contributed by atoms with Gasteiger partial charge in [-0.15, -0.1) is 33.7 Å². The summed E-state index contributed by atoms with van der Waals surface area (Å²) in [5.74, 6) is -9.05. The fourth-order valence-electron chi connectivity index (χ4n) is 10.6. The molecule has 2 saturated heterocycles. The largest absolute Gasteiger partial charge is 0.478 e. The predicted molar refractivity (Wildman–Crippen MR) is 363 cm³/mol. The van der Waals surface area contributed by atoms with Crippen LogP contribution in [0, 0.1) is 11.8 Å². The van der Waals surface area contributed by atoms with E-state index in [0.717, 1.165) is 0 Å². The van der Waals surface area contributed by atoms with E-state index in [0.29, 0.717) is 48.0 Å². The molecule has 3 aromatic rings. The highest BCUT2D eigenvalue weighted by molar-refractivity contribution is 8.02. The van der Waals surface area contributed by atoms with Crippen molar-refractivity contribution in [2.45, 2.75) is 138 Å². The number of aliphatic hydroxyl groups excluding tert-OH is 6. The van der Waals surface area contributed by atoms with Gasteiger partial charge >= 0.3 is 11.9 Å². The first-order valence-electron chi connectivity index (χ1n) is 33.3. The summed E-state index contributed by atoms with van der Waals surface area (Å²) in [6.07, 6.45) is -5.19. The fourth-order valence-corrected chi connectivity index (χ4v) is 12.7. The highest BCUT2D eigenvalue weighted by atomic mass is 32.2. The van der Waals surface area contributed by atoms with Crippen LogP contribution >= 0.6 is 23.5 Å². The molecule has 0 radical (unpaired) electrons. The molecular formula is C62H98N14O25S2. The Kier molecular flexibility index (Phi) is 38.0. The molecule has 5 rings (SSSR count). The van der Waals surface area contributed by atoms with Gasteiger partial charge in [-0.25, -0.2) is 19.0 Å². The SMILES string of the molecule is CC(=O)N[C@@H]1[C@@H]([C@@H](C)C(O)CCO)O[C@](SCC(=O)NCCOCCOCCOCCn2cc(CNC(=O)c3cc(NC(=O)CN)cc(C(=O)NCc4cn(CCOCCOCCOCCNC(=O)CS[C@]5(C(=O)O)C[C@H](O)[C@@H](NC(C)=O)[C@H]([C@H](C)C(O)CCO)O5)nn4)c3)nn2)(C(=O)O)C[C@H]1O. The molecule has 12 atom stereocenters. The van der Waals surface area contributed by atoms with Crippen molar-refractivity contribution in [3.8, 4) is 0 Å². The number of rotatable bonds is 50. The lowest BCUT2D eigenvalue weighted by atomic mass is 9.84. The first kappa shape index (κ1) is 86.5. The van der Waals surface area contributed by atoms with E-state index < -0.39 is 137 Å². The molecule has 0 aliphatic carbocycles. The topological polar surface area (TPSA) is 561 Å². The van der Waals surface area contributed by atoms with E-state index in [4.69, 9.17) is 43.6 Å². The summed E-state index contributed by atoms with van der Waals surface area (Å²) in [6.45, 7) is 7.79. The second-order valence-electron chi connectivity index (χ2n) is 24.0. The number of nitrogens with zero attached hydrogens (tertiary/aromatic N) is 6. The van der Waals surface area contributed by atoms with Gasteiger partial charge in [0.1, 0.15) is 11.4 Å². The van der Waals surface area contributed by atoms with Crippen molar-refractivity contribution in [1.82, 2.24) is 61.9 Å². The van der Waals surface area contributed by atoms with Gasteiger partial charge in [-0.05, 0) is 31.0 Å². The number of amides is 7. The Labute approximate surface area is 601 Å². The molecule has 0 saturated carbocycles. The number of aromatic nitrogens is 6. The molecule has 2 aliphatic rings. The molecule has 17 N–H and O–H groups in total. The molecule has 2 aromatic heterocycles. The zero-order valence-electron chi connectivity index (χ0n) is 57.8. The van der Waals surface area contributed by atoms with Crippen molar-refractivity contribution in [2.24, 2.45) is 17.6 Å². The van der Waals surface area contributed by atoms with E-state index in [1.807, 2.05) is 0 Å². The molecular weight excluding hydrogens is 1400 g/mol. The van der Waals surface area contributed by atoms with E-state index in [1.165, 1.54) is 41.4 Å². The third-order valence-electron chi connectivity index (χ3n) is 16.0. The minimum absolute atomic E-state index is 0.0380. The second-order valence-corrected chi connectivity index (χ2v) is 26.4. The molecule has 2 fully saturated rings. The number of carboxylic acids is 2. The first-order valence-corrected chi connectivity index (χ1v) is 35.3. The molecule has 4 heterocycles. The Morgan fingerprint density at radius 1 is 0.573 bits per heavy atom. The Hall–Kier alpha value is -7.17. The zero-order chi connectivity index (χ0) is 75.5. The normalized spacial score (nSPS) is 21.5. The minimum Gasteiger partial charge on any atom is -0.478 e. The lowest BCUT2D eigenvalue weighted by Crippen LogP contribution is -2.64. The number of nitrogens with two attached hydrogens (primary N) is 1. The Balaban J connectivity index is 0.904. The summed E-state index contributed by atoms with van der Waals surface area (Å²) >= 11 is 1.30. The number of aliphatic carboxylic acids is 2. The van der Waals surface area contributed by atoms with Crippen molar-refractivity contribution in [3.05, 3.63) is 53.1 Å². The summed E-state index contributed by atoms with van der Waals surface area (Å²) in [5.41, 5.74) is 6.58. The van der Waals surface area contributed by atoms with Crippen LogP contribution in [0.25, 0.3) is 0 Å². The van der Waals surface area contributed by atoms with Crippen LogP contribution in [-0.2, 0) is 97.6 Å². The summed E-state index contributed by atoms with van der Waals surface area (Å²) in [7, 11) is 0. The molecule has 7 amide bonds. The van der Waals surface area contributed by atoms with Crippen molar-refractivity contribution in [3.63, 3.8) is 0 Å². The number of hydrogen-bond donors (Lipinski definition) is 16. The maximum absolute atomic E-state index is 13.4. The standard InChI is InChI=1S/C62H98N14O25S2/c1-37(46(81)5-11-77)55-53(68-39(3)79)48(83)28-61(100-55,59(90)91)102-35-51(86)64-7-13-94-17-21-98-23-19-96-15-9-75-33-44(71-73-75)31-66-57(88)41-25-42(27-43(26-41)70-50(85)30-63)58(89)67-32-45-34-76(74-72-45)10-16-97-20-24-99-22-18-95-14-8-65-52(87)36-103-62(60(92)93)29-49(84)54(69-40(4)80)56(101-62)38(2)47(82)6-12-78/h25-27,33-34,37-38,46-49,53-56,77-78,81-84H,5-24,28-32,35-36,63H2,1-4H3,(H,64,86)(H,65,87)(H,66,88)(H,67,89)(H,68,79)(H,69,80)(H,70,85)(H,90,91)(H,92,93)/t37-,38+,46?,47?,48+,49-,53-,54+,55+,56-,61+,62-. The van der Waals surface area contributed by atoms with Crippen LogP contribution in [0.3, 0.4) is 0 Å². The number of aliphatic hydroxyl groups is 6. The van der Waals surface area contributed by atoms with Gasteiger partial charge in [0.2, 0.25) is 39.4 Å². The van der Waals surface area contributed by atoms with Gasteiger partial charge in [0.05, 0.1) is 185 Å². The van der Waals surface area contributed by atoms with Crippen LogP contribution in [0.2, 0.25) is 0 Å². The average Bonchev–Trinajstić information content (AvgIpc) is 1.12. The maximum Gasteiger partial charge on any atom is 0.346 e. The summed E-state index contributed by atoms with van der Waals surface area (Å²) in [6, 6.07) is 2.02. The predicted octanol–water partition coefficient (Wildman–Crippen LogP) is -4.95. The van der Waals surface area contributed by atoms with Gasteiger partial charge in [-0.1, -0.05) is 24.3 Å². The number of carbonyl (C=O) groups is 9. The zero-order valence-corrected chi connectivity index (χ0v) is 59.5. The molecule has 2 aliphatic heterocycles. The molecule has 578 valence electrons. The third kappa shape index (κ3) is 29.4. The maximum atomic E-state index is 13.4. The van der Waals surface area contributed by atoms with Gasteiger partial charge < -0.3 is 122 Å². The number of hydrogen-bond acceptors (Lipinski definition) is 30. The van der Waals surface area contributed by atoms with Crippen LogP contribution in [0.15, 0.2) is 30.6 Å². The van der Waals surface area contributed by atoms with Crippen LogP contribution in [-0.4, -0.2) is 306 Å². The molecule has 0 spiro atoms. The number of thioether (sulfide) groups is 2. The molecule has 39 nitrogen and oxygen atoms in total. The summed E-state index contributed by atoms with van der Waals surface area (Å²) in [5, 5.41) is 117. The van der Waals surface area contributed by atoms with Crippen LogP contribution in [0.5, 0.6) is 0 Å². The van der Waals surface area contributed by atoms with Crippen LogP contribution in [0.4, 0.5) is 5.69 Å². The highest BCUT2D eigenvalue weighted by Gasteiger charge is 2.56. The van der Waals surface area contributed by atoms with E-state index >= 15 is 0 Å². The number of nitrogens with one attached hydrogen (secondary N) is 7. The van der Waals surface area contributed by atoms with Crippen molar-refractivity contribution in [1.29, 1.82) is 0 Å². The summed E-state index contributed by atoms with van der Waals surface area (Å²) in [4.78, 5) is 109. The molecule has 1 aromatic carbocycles. The van der Waals surface area contributed by atoms with Gasteiger partial charge in [0, 0.05) is 81.6 Å². The van der Waals surface area contributed by atoms with E-state index in [1.54, 1.807) is 26.2 Å².